The number of aromatic nitrogens is 1. The smallest absolute Gasteiger partial charge is 0.337 e. The second-order valence-corrected chi connectivity index (χ2v) is 5.58. The average Bonchev–Trinajstić information content (AvgIpc) is 2.45. The van der Waals surface area contributed by atoms with E-state index in [1.807, 2.05) is 25.1 Å². The Kier molecular flexibility index (Phi) is 4.63. The van der Waals surface area contributed by atoms with Crippen molar-refractivity contribution in [2.75, 3.05) is 0 Å². The molecule has 0 saturated heterocycles. The van der Waals surface area contributed by atoms with E-state index in [9.17, 15) is 14.7 Å². The van der Waals surface area contributed by atoms with Crippen LogP contribution in [0.25, 0.3) is 5.69 Å². The van der Waals surface area contributed by atoms with Gasteiger partial charge < -0.3 is 5.11 Å². The lowest BCUT2D eigenvalue weighted by atomic mass is 10.0. The van der Waals surface area contributed by atoms with Crippen molar-refractivity contribution in [2.24, 2.45) is 0 Å². The highest BCUT2D eigenvalue weighted by Gasteiger charge is 2.22. The first-order valence-corrected chi connectivity index (χ1v) is 7.51. The lowest BCUT2D eigenvalue weighted by Gasteiger charge is -2.17. The number of hydrogen-bond acceptors (Lipinski definition) is 2. The average molecular weight is 350 g/mol. The van der Waals surface area contributed by atoms with Crippen molar-refractivity contribution in [1.29, 1.82) is 0 Å². The molecule has 0 unspecified atom stereocenters. The summed E-state index contributed by atoms with van der Waals surface area (Å²) in [4.78, 5) is 24.2. The summed E-state index contributed by atoms with van der Waals surface area (Å²) < 4.78 is 1.77. The number of para-hydroxylation sites is 1. The minimum atomic E-state index is -1.01. The fourth-order valence-electron chi connectivity index (χ4n) is 2.48. The number of carbonyl (C=O) groups is 1. The van der Waals surface area contributed by atoms with E-state index in [-0.39, 0.29) is 11.1 Å². The van der Waals surface area contributed by atoms with Gasteiger partial charge in [0.25, 0.3) is 5.56 Å². The van der Waals surface area contributed by atoms with E-state index in [1.165, 1.54) is 4.57 Å². The van der Waals surface area contributed by atoms with Gasteiger partial charge >= 0.3 is 5.97 Å². The van der Waals surface area contributed by atoms with Gasteiger partial charge in [-0.05, 0) is 47.0 Å². The van der Waals surface area contributed by atoms with Gasteiger partial charge in [-0.15, -0.1) is 0 Å². The normalized spacial score (nSPS) is 10.6. The van der Waals surface area contributed by atoms with Crippen molar-refractivity contribution in [1.82, 2.24) is 4.57 Å². The monoisotopic (exact) mass is 349 g/mol. The quantitative estimate of drug-likeness (QED) is 0.917. The van der Waals surface area contributed by atoms with Crippen LogP contribution in [-0.4, -0.2) is 15.6 Å². The Hall–Kier alpha value is -1.88. The van der Waals surface area contributed by atoms with Gasteiger partial charge in [0.2, 0.25) is 0 Å². The van der Waals surface area contributed by atoms with Gasteiger partial charge in [0.15, 0.2) is 0 Å². The minimum absolute atomic E-state index is 0.201. The number of carboxylic acids is 1. The molecule has 0 saturated carbocycles. The van der Waals surface area contributed by atoms with Crippen molar-refractivity contribution in [2.45, 2.75) is 26.7 Å². The van der Waals surface area contributed by atoms with Gasteiger partial charge in [-0.3, -0.25) is 9.36 Å². The maximum absolute atomic E-state index is 12.6. The zero-order valence-corrected chi connectivity index (χ0v) is 13.5. The Morgan fingerprint density at radius 3 is 2.43 bits per heavy atom. The molecule has 21 heavy (non-hydrogen) atoms. The van der Waals surface area contributed by atoms with Crippen LogP contribution >= 0.6 is 15.9 Å². The molecule has 1 aromatic carbocycles. The summed E-state index contributed by atoms with van der Waals surface area (Å²) in [6.45, 7) is 3.62. The Labute approximate surface area is 131 Å². The number of pyridine rings is 1. The van der Waals surface area contributed by atoms with Crippen LogP contribution in [0.2, 0.25) is 0 Å². The highest BCUT2D eigenvalue weighted by molar-refractivity contribution is 9.10. The summed E-state index contributed by atoms with van der Waals surface area (Å²) in [6.07, 6.45) is 1.32. The molecule has 0 bridgehead atoms. The molecule has 1 N–H and O–H groups in total. The number of benzene rings is 1. The van der Waals surface area contributed by atoms with Gasteiger partial charge in [0.1, 0.15) is 0 Å². The lowest BCUT2D eigenvalue weighted by molar-refractivity contribution is 0.0694. The summed E-state index contributed by atoms with van der Waals surface area (Å²) in [5, 5.41) is 9.52. The predicted octanol–water partition coefficient (Wildman–Crippen LogP) is 3.56. The highest BCUT2D eigenvalue weighted by atomic mass is 79.9. The number of nitrogens with zero attached hydrogens (tertiary/aromatic N) is 1. The third-order valence-electron chi connectivity index (χ3n) is 3.38. The van der Waals surface area contributed by atoms with Gasteiger partial charge in [-0.2, -0.15) is 0 Å². The summed E-state index contributed by atoms with van der Waals surface area (Å²) in [7, 11) is 0. The van der Waals surface area contributed by atoms with Gasteiger partial charge in [-0.1, -0.05) is 31.5 Å². The summed E-state index contributed by atoms with van der Waals surface area (Å²) in [5.74, 6) is -1.01. The van der Waals surface area contributed by atoms with Crippen molar-refractivity contribution in [3.8, 4) is 5.69 Å². The standard InChI is InChI=1S/C16H16BrNO3/c1-3-7-12-13(16(20)21)10(2)18(15(19)14(12)17)11-8-5-4-6-9-11/h4-6,8-9H,3,7H2,1-2H3,(H,20,21). The number of hydrogen-bond donors (Lipinski definition) is 1. The van der Waals surface area contributed by atoms with Crippen LogP contribution in [0.15, 0.2) is 39.6 Å². The second-order valence-electron chi connectivity index (χ2n) is 4.78. The lowest BCUT2D eigenvalue weighted by Crippen LogP contribution is -2.26. The molecule has 4 nitrogen and oxygen atoms in total. The molecule has 2 aromatic rings. The predicted molar refractivity (Wildman–Crippen MR) is 85.4 cm³/mol. The van der Waals surface area contributed by atoms with Gasteiger partial charge in [0, 0.05) is 11.4 Å². The first kappa shape index (κ1) is 15.5. The van der Waals surface area contributed by atoms with Gasteiger partial charge in [-0.25, -0.2) is 4.79 Å². The molecule has 0 aliphatic carbocycles. The molecule has 0 aliphatic heterocycles. The SMILES string of the molecule is CCCc1c(C(=O)O)c(C)n(-c2ccccc2)c(=O)c1Br. The maximum atomic E-state index is 12.6. The highest BCUT2D eigenvalue weighted by Crippen LogP contribution is 2.24. The molecule has 0 aliphatic rings. The third kappa shape index (κ3) is 2.78. The Morgan fingerprint density at radius 1 is 1.29 bits per heavy atom. The summed E-state index contributed by atoms with van der Waals surface area (Å²) >= 11 is 3.29. The van der Waals surface area contributed by atoms with E-state index in [0.29, 0.717) is 27.8 Å². The van der Waals surface area contributed by atoms with E-state index >= 15 is 0 Å². The Bertz CT molecular complexity index is 735. The molecule has 0 radical (unpaired) electrons. The van der Waals surface area contributed by atoms with E-state index in [2.05, 4.69) is 15.9 Å². The fourth-order valence-corrected chi connectivity index (χ4v) is 3.05. The molecule has 0 spiro atoms. The molecule has 1 aromatic heterocycles. The molecule has 2 rings (SSSR count). The molecular weight excluding hydrogens is 334 g/mol. The van der Waals surface area contributed by atoms with Crippen LogP contribution in [0.3, 0.4) is 0 Å². The molecule has 110 valence electrons. The molecule has 5 heteroatoms. The first-order chi connectivity index (χ1) is 9.99. The van der Waals surface area contributed by atoms with E-state index in [0.717, 1.165) is 6.42 Å². The van der Waals surface area contributed by atoms with E-state index < -0.39 is 5.97 Å². The zero-order valence-electron chi connectivity index (χ0n) is 11.9. The molecule has 1 heterocycles. The van der Waals surface area contributed by atoms with Crippen molar-refractivity contribution in [3.63, 3.8) is 0 Å². The van der Waals surface area contributed by atoms with Crippen LogP contribution in [0.5, 0.6) is 0 Å². The maximum Gasteiger partial charge on any atom is 0.337 e. The molecular formula is C16H16BrNO3. The third-order valence-corrected chi connectivity index (χ3v) is 4.20. The number of carboxylic acid groups (broad SMARTS) is 1. The van der Waals surface area contributed by atoms with Crippen LogP contribution in [0.1, 0.15) is 35.0 Å². The van der Waals surface area contributed by atoms with Crippen LogP contribution in [0, 0.1) is 6.92 Å². The Balaban J connectivity index is 2.86. The first-order valence-electron chi connectivity index (χ1n) is 6.71. The molecule has 0 fully saturated rings. The zero-order chi connectivity index (χ0) is 15.6. The fraction of sp³-hybridized carbons (Fsp3) is 0.250. The minimum Gasteiger partial charge on any atom is -0.478 e. The summed E-state index contributed by atoms with van der Waals surface area (Å²) in [5.41, 5.74) is 1.65. The topological polar surface area (TPSA) is 59.3 Å². The van der Waals surface area contributed by atoms with E-state index in [4.69, 9.17) is 0 Å². The second kappa shape index (κ2) is 6.26. The number of rotatable bonds is 4. The Morgan fingerprint density at radius 2 is 1.90 bits per heavy atom. The molecule has 0 amide bonds. The van der Waals surface area contributed by atoms with Crippen LogP contribution in [-0.2, 0) is 6.42 Å². The number of halogens is 1. The molecule has 0 atom stereocenters. The van der Waals surface area contributed by atoms with Crippen LogP contribution < -0.4 is 5.56 Å². The van der Waals surface area contributed by atoms with Crippen molar-refractivity contribution in [3.05, 3.63) is 62.0 Å². The number of aromatic carboxylic acids is 1. The van der Waals surface area contributed by atoms with Crippen molar-refractivity contribution < 1.29 is 9.90 Å². The largest absolute Gasteiger partial charge is 0.478 e. The van der Waals surface area contributed by atoms with E-state index in [1.54, 1.807) is 19.1 Å². The van der Waals surface area contributed by atoms with Crippen LogP contribution in [0.4, 0.5) is 0 Å². The van der Waals surface area contributed by atoms with Crippen molar-refractivity contribution >= 4 is 21.9 Å². The summed E-state index contributed by atoms with van der Waals surface area (Å²) in [6, 6.07) is 9.05. The van der Waals surface area contributed by atoms with Gasteiger partial charge in [0.05, 0.1) is 10.0 Å².